The Morgan fingerprint density at radius 2 is 1.90 bits per heavy atom. The van der Waals surface area contributed by atoms with Crippen molar-refractivity contribution in [3.63, 3.8) is 0 Å². The Morgan fingerprint density at radius 3 is 2.59 bits per heavy atom. The number of para-hydroxylation sites is 1. The monoisotopic (exact) mass is 411 g/mol. The lowest BCUT2D eigenvalue weighted by Gasteiger charge is -2.33. The zero-order chi connectivity index (χ0) is 20.4. The molecule has 0 aliphatic carbocycles. The molecule has 1 aliphatic rings. The highest BCUT2D eigenvalue weighted by Crippen LogP contribution is 2.33. The van der Waals surface area contributed by atoms with Gasteiger partial charge in [-0.2, -0.15) is 0 Å². The van der Waals surface area contributed by atoms with Crippen LogP contribution >= 0.6 is 11.3 Å². The van der Waals surface area contributed by atoms with Crippen molar-refractivity contribution in [3.05, 3.63) is 64.9 Å². The number of nitrogens with zero attached hydrogens (tertiary/aromatic N) is 3. The van der Waals surface area contributed by atoms with Crippen LogP contribution in [0.3, 0.4) is 0 Å². The number of likely N-dealkylation sites (tertiary alicyclic amines) is 1. The maximum absolute atomic E-state index is 13.1. The molecule has 4 rings (SSSR count). The summed E-state index contributed by atoms with van der Waals surface area (Å²) in [5.41, 5.74) is 2.03. The van der Waals surface area contributed by atoms with E-state index in [4.69, 9.17) is 4.98 Å². The molecule has 1 fully saturated rings. The van der Waals surface area contributed by atoms with Gasteiger partial charge in [-0.1, -0.05) is 24.3 Å². The minimum absolute atomic E-state index is 0.0802. The van der Waals surface area contributed by atoms with E-state index in [1.807, 2.05) is 20.0 Å². The van der Waals surface area contributed by atoms with E-state index in [0.29, 0.717) is 12.5 Å². The fraction of sp³-hybridized carbons (Fsp3) is 0.391. The summed E-state index contributed by atoms with van der Waals surface area (Å²) >= 11 is 1.79. The molecule has 0 N–H and O–H groups in total. The number of rotatable bonds is 5. The van der Waals surface area contributed by atoms with Crippen molar-refractivity contribution in [1.29, 1.82) is 0 Å². The van der Waals surface area contributed by atoms with Gasteiger partial charge in [0.05, 0.1) is 27.8 Å². The molecule has 29 heavy (non-hydrogen) atoms. The molecule has 2 heterocycles. The molecule has 1 amide bonds. The Hall–Kier alpha value is -2.31. The Kier molecular flexibility index (Phi) is 5.92. The van der Waals surface area contributed by atoms with Crippen LogP contribution in [-0.2, 0) is 4.79 Å². The number of aromatic nitrogens is 1. The second-order valence-corrected chi connectivity index (χ2v) is 8.86. The van der Waals surface area contributed by atoms with E-state index in [-0.39, 0.29) is 17.8 Å². The van der Waals surface area contributed by atoms with Gasteiger partial charge in [0.15, 0.2) is 0 Å². The second-order valence-electron chi connectivity index (χ2n) is 7.80. The van der Waals surface area contributed by atoms with E-state index in [1.54, 1.807) is 28.4 Å². The quantitative estimate of drug-likeness (QED) is 0.603. The van der Waals surface area contributed by atoms with Crippen molar-refractivity contribution in [1.82, 2.24) is 14.8 Å². The Labute approximate surface area is 175 Å². The number of thiazole rings is 1. The van der Waals surface area contributed by atoms with Gasteiger partial charge < -0.3 is 4.90 Å². The van der Waals surface area contributed by atoms with Gasteiger partial charge in [0.25, 0.3) is 0 Å². The highest BCUT2D eigenvalue weighted by atomic mass is 32.1. The lowest BCUT2D eigenvalue weighted by atomic mass is 9.97. The number of piperidine rings is 1. The molecule has 0 saturated carbocycles. The normalized spacial score (nSPS) is 16.8. The Balaban J connectivity index is 1.31. The topological polar surface area (TPSA) is 36.4 Å². The number of likely N-dealkylation sites (N-methyl/N-ethyl adjacent to an activating group) is 1. The molecule has 6 heteroatoms. The summed E-state index contributed by atoms with van der Waals surface area (Å²) in [7, 11) is 1.82. The van der Waals surface area contributed by atoms with E-state index < -0.39 is 0 Å². The number of hydrogen-bond donors (Lipinski definition) is 0. The summed E-state index contributed by atoms with van der Waals surface area (Å²) in [4.78, 5) is 21.6. The smallest absolute Gasteiger partial charge is 0.236 e. The van der Waals surface area contributed by atoms with Gasteiger partial charge in [-0.15, -0.1) is 11.3 Å². The van der Waals surface area contributed by atoms with E-state index in [9.17, 15) is 9.18 Å². The van der Waals surface area contributed by atoms with Crippen molar-refractivity contribution in [2.24, 2.45) is 0 Å². The predicted molar refractivity (Wildman–Crippen MR) is 116 cm³/mol. The van der Waals surface area contributed by atoms with Gasteiger partial charge in [0, 0.05) is 13.0 Å². The van der Waals surface area contributed by atoms with Crippen LogP contribution in [0.4, 0.5) is 4.39 Å². The van der Waals surface area contributed by atoms with E-state index >= 15 is 0 Å². The van der Waals surface area contributed by atoms with Crippen LogP contribution in [0, 0.1) is 5.82 Å². The van der Waals surface area contributed by atoms with E-state index in [2.05, 4.69) is 23.1 Å². The summed E-state index contributed by atoms with van der Waals surface area (Å²) in [6, 6.07) is 14.6. The van der Waals surface area contributed by atoms with Gasteiger partial charge in [-0.05, 0) is 62.7 Å². The zero-order valence-corrected chi connectivity index (χ0v) is 17.7. The maximum Gasteiger partial charge on any atom is 0.236 e. The molecular weight excluding hydrogens is 385 g/mol. The highest BCUT2D eigenvalue weighted by Gasteiger charge is 2.26. The van der Waals surface area contributed by atoms with Gasteiger partial charge in [0.1, 0.15) is 5.82 Å². The third kappa shape index (κ3) is 4.49. The molecule has 1 atom stereocenters. The van der Waals surface area contributed by atoms with Crippen molar-refractivity contribution in [2.75, 3.05) is 26.7 Å². The number of benzene rings is 2. The summed E-state index contributed by atoms with van der Waals surface area (Å²) in [6.45, 7) is 4.22. The first-order valence-corrected chi connectivity index (χ1v) is 10.9. The standard InChI is InChI=1S/C23H26FN3OS/c1-16(17-7-9-19(24)10-8-17)26(2)22(28)15-27-13-11-18(12-14-27)23-25-20-5-3-4-6-21(20)29-23/h3-10,16,18H,11-15H2,1-2H3/t16-/m0/s1. The van der Waals surface area contributed by atoms with E-state index in [0.717, 1.165) is 37.0 Å². The van der Waals surface area contributed by atoms with Crippen molar-refractivity contribution in [3.8, 4) is 0 Å². The van der Waals surface area contributed by atoms with Crippen LogP contribution in [0.25, 0.3) is 10.2 Å². The number of halogens is 1. The van der Waals surface area contributed by atoms with Gasteiger partial charge >= 0.3 is 0 Å². The molecule has 3 aromatic rings. The molecule has 1 saturated heterocycles. The number of hydrogen-bond acceptors (Lipinski definition) is 4. The van der Waals surface area contributed by atoms with Crippen LogP contribution < -0.4 is 0 Å². The summed E-state index contributed by atoms with van der Waals surface area (Å²) in [5.74, 6) is 0.320. The average molecular weight is 412 g/mol. The van der Waals surface area contributed by atoms with Gasteiger partial charge in [-0.3, -0.25) is 9.69 Å². The number of carbonyl (C=O) groups is 1. The van der Waals surface area contributed by atoms with Crippen LogP contribution in [0.15, 0.2) is 48.5 Å². The number of amides is 1. The SMILES string of the molecule is C[C@@H](c1ccc(F)cc1)N(C)C(=O)CN1CCC(c2nc3ccccc3s2)CC1. The second kappa shape index (κ2) is 8.59. The number of carbonyl (C=O) groups excluding carboxylic acids is 1. The molecule has 0 unspecified atom stereocenters. The van der Waals surface area contributed by atoms with Crippen LogP contribution in [0.1, 0.15) is 42.3 Å². The predicted octanol–water partition coefficient (Wildman–Crippen LogP) is 4.83. The molecule has 0 spiro atoms. The molecule has 0 bridgehead atoms. The molecule has 2 aromatic carbocycles. The minimum atomic E-state index is -0.258. The minimum Gasteiger partial charge on any atom is -0.338 e. The third-order valence-corrected chi connectivity index (χ3v) is 7.13. The summed E-state index contributed by atoms with van der Waals surface area (Å²) < 4.78 is 14.4. The van der Waals surface area contributed by atoms with Gasteiger partial charge in [0.2, 0.25) is 5.91 Å². The molecule has 1 aromatic heterocycles. The lowest BCUT2D eigenvalue weighted by Crippen LogP contribution is -2.42. The zero-order valence-electron chi connectivity index (χ0n) is 16.8. The first kappa shape index (κ1) is 20.0. The van der Waals surface area contributed by atoms with Crippen LogP contribution in [-0.4, -0.2) is 47.4 Å². The molecule has 0 radical (unpaired) electrons. The highest BCUT2D eigenvalue weighted by molar-refractivity contribution is 7.18. The first-order chi connectivity index (χ1) is 14.0. The van der Waals surface area contributed by atoms with Crippen molar-refractivity contribution < 1.29 is 9.18 Å². The average Bonchev–Trinajstić information content (AvgIpc) is 3.18. The summed E-state index contributed by atoms with van der Waals surface area (Å²) in [5, 5.41) is 1.22. The maximum atomic E-state index is 13.1. The first-order valence-electron chi connectivity index (χ1n) is 10.1. The molecule has 4 nitrogen and oxygen atoms in total. The fourth-order valence-corrected chi connectivity index (χ4v) is 5.02. The molecule has 152 valence electrons. The Morgan fingerprint density at radius 1 is 1.21 bits per heavy atom. The van der Waals surface area contributed by atoms with Crippen molar-refractivity contribution in [2.45, 2.75) is 31.7 Å². The fourth-order valence-electron chi connectivity index (χ4n) is 3.89. The van der Waals surface area contributed by atoms with E-state index in [1.165, 1.54) is 21.8 Å². The largest absolute Gasteiger partial charge is 0.338 e. The number of fused-ring (bicyclic) bond motifs is 1. The van der Waals surface area contributed by atoms with Gasteiger partial charge in [-0.25, -0.2) is 9.37 Å². The lowest BCUT2D eigenvalue weighted by molar-refractivity contribution is -0.133. The molecular formula is C23H26FN3OS. The molecule has 1 aliphatic heterocycles. The third-order valence-electron chi connectivity index (χ3n) is 5.93. The van der Waals surface area contributed by atoms with Crippen molar-refractivity contribution >= 4 is 27.5 Å². The van der Waals surface area contributed by atoms with Crippen LogP contribution in [0.2, 0.25) is 0 Å². The Bertz CT molecular complexity index is 946. The summed E-state index contributed by atoms with van der Waals surface area (Å²) in [6.07, 6.45) is 2.06. The van der Waals surface area contributed by atoms with Crippen LogP contribution in [0.5, 0.6) is 0 Å².